The van der Waals surface area contributed by atoms with Crippen molar-refractivity contribution in [2.24, 2.45) is 0 Å². The maximum atomic E-state index is 11.5. The summed E-state index contributed by atoms with van der Waals surface area (Å²) in [5.41, 5.74) is 1.88. The van der Waals surface area contributed by atoms with Gasteiger partial charge >= 0.3 is 0 Å². The van der Waals surface area contributed by atoms with E-state index in [9.17, 15) is 4.79 Å². The second-order valence-corrected chi connectivity index (χ2v) is 4.41. The molecule has 0 N–H and O–H groups in total. The zero-order chi connectivity index (χ0) is 12.1. The van der Waals surface area contributed by atoms with E-state index >= 15 is 0 Å². The van der Waals surface area contributed by atoms with Gasteiger partial charge in [0, 0.05) is 12.2 Å². The molecule has 3 nitrogen and oxygen atoms in total. The average molecular weight is 220 g/mol. The number of ketones is 1. The molecule has 0 radical (unpaired) electrons. The van der Waals surface area contributed by atoms with Crippen molar-refractivity contribution in [2.45, 2.75) is 46.6 Å². The van der Waals surface area contributed by atoms with Crippen LogP contribution in [0.1, 0.15) is 45.9 Å². The van der Waals surface area contributed by atoms with Crippen LogP contribution in [0.15, 0.2) is 23.9 Å². The summed E-state index contributed by atoms with van der Waals surface area (Å²) in [7, 11) is 0. The van der Waals surface area contributed by atoms with Gasteiger partial charge in [-0.1, -0.05) is 12.5 Å². The van der Waals surface area contributed by atoms with Crippen molar-refractivity contribution in [3.8, 4) is 0 Å². The molecule has 0 saturated heterocycles. The smallest absolute Gasteiger partial charge is 0.161 e. The Morgan fingerprint density at radius 1 is 1.56 bits per heavy atom. The fourth-order valence-corrected chi connectivity index (χ4v) is 1.46. The number of nitrogens with zero attached hydrogens (tertiary/aromatic N) is 2. The Bertz CT molecular complexity index is 386. The van der Waals surface area contributed by atoms with Crippen LogP contribution in [0.3, 0.4) is 0 Å². The molecule has 1 atom stereocenters. The monoisotopic (exact) mass is 220 g/mol. The molecule has 0 saturated carbocycles. The minimum atomic E-state index is 0.120. The summed E-state index contributed by atoms with van der Waals surface area (Å²) in [6, 6.07) is 2.32. The summed E-state index contributed by atoms with van der Waals surface area (Å²) >= 11 is 0. The van der Waals surface area contributed by atoms with Crippen LogP contribution in [-0.2, 0) is 11.2 Å². The quantitative estimate of drug-likeness (QED) is 0.715. The Labute approximate surface area is 97.2 Å². The van der Waals surface area contributed by atoms with Gasteiger partial charge in [-0.15, -0.1) is 0 Å². The van der Waals surface area contributed by atoms with E-state index in [0.29, 0.717) is 12.5 Å². The molecule has 1 aromatic rings. The van der Waals surface area contributed by atoms with Crippen LogP contribution in [0.2, 0.25) is 0 Å². The molecular formula is C13H20N2O. The van der Waals surface area contributed by atoms with Crippen molar-refractivity contribution in [1.29, 1.82) is 0 Å². The van der Waals surface area contributed by atoms with Crippen molar-refractivity contribution >= 4 is 5.78 Å². The lowest BCUT2D eigenvalue weighted by Gasteiger charge is -2.07. The highest BCUT2D eigenvalue weighted by Gasteiger charge is 2.07. The third-order valence-corrected chi connectivity index (χ3v) is 2.51. The van der Waals surface area contributed by atoms with Crippen molar-refractivity contribution < 1.29 is 4.79 Å². The van der Waals surface area contributed by atoms with Gasteiger partial charge in [0.1, 0.15) is 0 Å². The molecule has 16 heavy (non-hydrogen) atoms. The second kappa shape index (κ2) is 5.64. The number of allylic oxidation sites excluding steroid dienone is 2. The Kier molecular flexibility index (Phi) is 4.47. The van der Waals surface area contributed by atoms with Crippen LogP contribution < -0.4 is 0 Å². The van der Waals surface area contributed by atoms with Crippen LogP contribution >= 0.6 is 0 Å². The Balaban J connectivity index is 2.65. The van der Waals surface area contributed by atoms with Gasteiger partial charge in [-0.3, -0.25) is 9.48 Å². The third-order valence-electron chi connectivity index (χ3n) is 2.51. The van der Waals surface area contributed by atoms with Gasteiger partial charge in [-0.2, -0.15) is 5.10 Å². The van der Waals surface area contributed by atoms with Crippen molar-refractivity contribution in [3.63, 3.8) is 0 Å². The highest BCUT2D eigenvalue weighted by Crippen LogP contribution is 2.09. The summed E-state index contributed by atoms with van der Waals surface area (Å²) < 4.78 is 1.92. The molecule has 0 amide bonds. The molecule has 1 heterocycles. The zero-order valence-corrected chi connectivity index (χ0v) is 10.5. The van der Waals surface area contributed by atoms with Crippen LogP contribution in [0.5, 0.6) is 0 Å². The topological polar surface area (TPSA) is 34.9 Å². The lowest BCUT2D eigenvalue weighted by atomic mass is 10.2. The van der Waals surface area contributed by atoms with Gasteiger partial charge in [0.05, 0.1) is 12.1 Å². The number of hydrogen-bond acceptors (Lipinski definition) is 2. The summed E-state index contributed by atoms with van der Waals surface area (Å²) in [5, 5.41) is 4.39. The first-order valence-electron chi connectivity index (χ1n) is 5.74. The number of carbonyl (C=O) groups is 1. The van der Waals surface area contributed by atoms with Crippen LogP contribution in [0, 0.1) is 0 Å². The molecule has 1 unspecified atom stereocenters. The average Bonchev–Trinajstić information content (AvgIpc) is 2.63. The minimum Gasteiger partial charge on any atom is -0.294 e. The van der Waals surface area contributed by atoms with Crippen LogP contribution in [-0.4, -0.2) is 15.6 Å². The first kappa shape index (κ1) is 12.7. The summed E-state index contributed by atoms with van der Waals surface area (Å²) in [5.74, 6) is 0.120. The maximum absolute atomic E-state index is 11.5. The molecule has 0 aliphatic heterocycles. The van der Waals surface area contributed by atoms with E-state index in [0.717, 1.165) is 17.7 Å². The SMILES string of the molecule is CCC(C)n1ccc(CC(=O)C=C(C)C)n1. The first-order valence-corrected chi connectivity index (χ1v) is 5.74. The van der Waals surface area contributed by atoms with Crippen molar-refractivity contribution in [3.05, 3.63) is 29.6 Å². The summed E-state index contributed by atoms with van der Waals surface area (Å²) in [4.78, 5) is 11.5. The van der Waals surface area contributed by atoms with Gasteiger partial charge in [0.25, 0.3) is 0 Å². The molecule has 0 spiro atoms. The van der Waals surface area contributed by atoms with E-state index in [1.807, 2.05) is 30.8 Å². The second-order valence-electron chi connectivity index (χ2n) is 4.41. The number of aromatic nitrogens is 2. The number of hydrogen-bond donors (Lipinski definition) is 0. The fraction of sp³-hybridized carbons (Fsp3) is 0.538. The molecule has 1 aromatic heterocycles. The van der Waals surface area contributed by atoms with Crippen LogP contribution in [0.4, 0.5) is 0 Å². The van der Waals surface area contributed by atoms with Crippen LogP contribution in [0.25, 0.3) is 0 Å². The van der Waals surface area contributed by atoms with E-state index in [-0.39, 0.29) is 5.78 Å². The lowest BCUT2D eigenvalue weighted by molar-refractivity contribution is -0.114. The molecule has 0 aliphatic carbocycles. The molecule has 1 rings (SSSR count). The normalized spacial score (nSPS) is 12.2. The van der Waals surface area contributed by atoms with Gasteiger partial charge in [0.2, 0.25) is 0 Å². The molecule has 0 aliphatic rings. The lowest BCUT2D eigenvalue weighted by Crippen LogP contribution is -2.06. The largest absolute Gasteiger partial charge is 0.294 e. The molecule has 88 valence electrons. The highest BCUT2D eigenvalue weighted by atomic mass is 16.1. The molecule has 0 fully saturated rings. The molecular weight excluding hydrogens is 200 g/mol. The van der Waals surface area contributed by atoms with Gasteiger partial charge in [-0.05, 0) is 39.3 Å². The minimum absolute atomic E-state index is 0.120. The highest BCUT2D eigenvalue weighted by molar-refractivity contribution is 5.91. The Morgan fingerprint density at radius 3 is 2.81 bits per heavy atom. The Hall–Kier alpha value is -1.38. The zero-order valence-electron chi connectivity index (χ0n) is 10.5. The van der Waals surface area contributed by atoms with Gasteiger partial charge < -0.3 is 0 Å². The van der Waals surface area contributed by atoms with E-state index in [1.54, 1.807) is 6.08 Å². The number of carbonyl (C=O) groups excluding carboxylic acids is 1. The van der Waals surface area contributed by atoms with Gasteiger partial charge in [-0.25, -0.2) is 0 Å². The van der Waals surface area contributed by atoms with E-state index < -0.39 is 0 Å². The standard InChI is InChI=1S/C13H20N2O/c1-5-11(4)15-7-6-12(14-15)9-13(16)8-10(2)3/h6-8,11H,5,9H2,1-4H3. The third kappa shape index (κ3) is 3.65. The molecule has 0 aromatic carbocycles. The van der Waals surface area contributed by atoms with Crippen molar-refractivity contribution in [2.75, 3.05) is 0 Å². The predicted octanol–water partition coefficient (Wildman–Crippen LogP) is 2.93. The van der Waals surface area contributed by atoms with Crippen molar-refractivity contribution in [1.82, 2.24) is 9.78 Å². The summed E-state index contributed by atoms with van der Waals surface area (Å²) in [6.07, 6.45) is 5.05. The maximum Gasteiger partial charge on any atom is 0.161 e. The number of rotatable bonds is 5. The summed E-state index contributed by atoms with van der Waals surface area (Å²) in [6.45, 7) is 8.10. The van der Waals surface area contributed by atoms with E-state index in [4.69, 9.17) is 0 Å². The predicted molar refractivity (Wildman–Crippen MR) is 65.4 cm³/mol. The first-order chi connectivity index (χ1) is 7.52. The van der Waals surface area contributed by atoms with E-state index in [2.05, 4.69) is 18.9 Å². The molecule has 3 heteroatoms. The fourth-order valence-electron chi connectivity index (χ4n) is 1.46. The van der Waals surface area contributed by atoms with Gasteiger partial charge in [0.15, 0.2) is 5.78 Å². The van der Waals surface area contributed by atoms with E-state index in [1.165, 1.54) is 0 Å². The Morgan fingerprint density at radius 2 is 2.25 bits per heavy atom. The molecule has 0 bridgehead atoms.